The molecule has 5 nitrogen and oxygen atoms in total. The Hall–Kier alpha value is -1.11. The lowest BCUT2D eigenvalue weighted by Gasteiger charge is -2.37. The third-order valence-electron chi connectivity index (χ3n) is 3.75. The minimum atomic E-state index is -3.50. The highest BCUT2D eigenvalue weighted by molar-refractivity contribution is 7.85. The monoisotopic (exact) mass is 300 g/mol. The lowest BCUT2D eigenvalue weighted by molar-refractivity contribution is -0.0602. The van der Waals surface area contributed by atoms with Crippen molar-refractivity contribution in [3.8, 4) is 5.75 Å². The van der Waals surface area contributed by atoms with Gasteiger partial charge in [0.15, 0.2) is 0 Å². The first kappa shape index (κ1) is 15.3. The first-order valence-electron chi connectivity index (χ1n) is 6.48. The second-order valence-electron chi connectivity index (χ2n) is 5.00. The molecule has 0 aromatic heterocycles. The standard InChI is InChI=1S/C14H20O5S/c1-17-13-8-4-7-12-11(13)6-5-9-14(12,18-2)10-19-20(3,15)16/h4,7-8H,5-6,9-10H2,1-3H3. The zero-order chi connectivity index (χ0) is 14.8. The largest absolute Gasteiger partial charge is 0.496 e. The second-order valence-corrected chi connectivity index (χ2v) is 6.65. The molecule has 1 atom stereocenters. The summed E-state index contributed by atoms with van der Waals surface area (Å²) in [4.78, 5) is 0. The van der Waals surface area contributed by atoms with Crippen molar-refractivity contribution in [2.45, 2.75) is 24.9 Å². The summed E-state index contributed by atoms with van der Waals surface area (Å²) in [5.41, 5.74) is 1.29. The van der Waals surface area contributed by atoms with Gasteiger partial charge >= 0.3 is 0 Å². The average molecular weight is 300 g/mol. The Morgan fingerprint density at radius 1 is 1.30 bits per heavy atom. The number of hydrogen-bond acceptors (Lipinski definition) is 5. The Labute approximate surface area is 120 Å². The number of fused-ring (bicyclic) bond motifs is 1. The van der Waals surface area contributed by atoms with Crippen LogP contribution in [0.15, 0.2) is 18.2 Å². The summed E-state index contributed by atoms with van der Waals surface area (Å²) in [6.07, 6.45) is 3.56. The van der Waals surface area contributed by atoms with E-state index in [0.717, 1.165) is 42.4 Å². The van der Waals surface area contributed by atoms with Crippen molar-refractivity contribution in [3.63, 3.8) is 0 Å². The molecular formula is C14H20O5S. The fourth-order valence-electron chi connectivity index (χ4n) is 2.75. The van der Waals surface area contributed by atoms with Gasteiger partial charge < -0.3 is 9.47 Å². The maximum Gasteiger partial charge on any atom is 0.264 e. The van der Waals surface area contributed by atoms with Crippen LogP contribution in [0.4, 0.5) is 0 Å². The molecule has 1 aromatic rings. The maximum absolute atomic E-state index is 11.3. The normalized spacial score (nSPS) is 22.4. The van der Waals surface area contributed by atoms with E-state index < -0.39 is 15.7 Å². The van der Waals surface area contributed by atoms with E-state index in [0.29, 0.717) is 0 Å². The highest BCUT2D eigenvalue weighted by Crippen LogP contribution is 2.41. The van der Waals surface area contributed by atoms with Crippen molar-refractivity contribution in [2.24, 2.45) is 0 Å². The molecule has 0 amide bonds. The number of benzene rings is 1. The van der Waals surface area contributed by atoms with Gasteiger partial charge in [0.1, 0.15) is 11.4 Å². The zero-order valence-electron chi connectivity index (χ0n) is 12.0. The van der Waals surface area contributed by atoms with Gasteiger partial charge in [0.05, 0.1) is 20.0 Å². The smallest absolute Gasteiger partial charge is 0.264 e. The van der Waals surface area contributed by atoms with Crippen LogP contribution in [0.2, 0.25) is 0 Å². The third-order valence-corrected chi connectivity index (χ3v) is 4.29. The van der Waals surface area contributed by atoms with Crippen LogP contribution in [-0.4, -0.2) is 35.5 Å². The molecule has 0 fully saturated rings. The van der Waals surface area contributed by atoms with E-state index in [9.17, 15) is 8.42 Å². The Morgan fingerprint density at radius 3 is 2.65 bits per heavy atom. The fraction of sp³-hybridized carbons (Fsp3) is 0.571. The Bertz CT molecular complexity index is 581. The molecule has 112 valence electrons. The highest BCUT2D eigenvalue weighted by atomic mass is 32.2. The molecule has 0 saturated carbocycles. The van der Waals surface area contributed by atoms with E-state index >= 15 is 0 Å². The van der Waals surface area contributed by atoms with Crippen LogP contribution in [0.1, 0.15) is 24.0 Å². The summed E-state index contributed by atoms with van der Waals surface area (Å²) >= 11 is 0. The van der Waals surface area contributed by atoms with Crippen molar-refractivity contribution in [1.82, 2.24) is 0 Å². The molecule has 0 N–H and O–H groups in total. The van der Waals surface area contributed by atoms with Crippen LogP contribution in [0.5, 0.6) is 5.75 Å². The van der Waals surface area contributed by atoms with Crippen LogP contribution in [0, 0.1) is 0 Å². The minimum Gasteiger partial charge on any atom is -0.496 e. The van der Waals surface area contributed by atoms with Crippen LogP contribution < -0.4 is 4.74 Å². The maximum atomic E-state index is 11.3. The lowest BCUT2D eigenvalue weighted by atomic mass is 9.79. The van der Waals surface area contributed by atoms with E-state index in [1.54, 1.807) is 14.2 Å². The third kappa shape index (κ3) is 2.97. The van der Waals surface area contributed by atoms with Gasteiger partial charge in [-0.25, -0.2) is 0 Å². The minimum absolute atomic E-state index is 0.0114. The predicted octanol–water partition coefficient (Wildman–Crippen LogP) is 1.85. The predicted molar refractivity (Wildman–Crippen MR) is 75.4 cm³/mol. The van der Waals surface area contributed by atoms with Crippen LogP contribution in [0.3, 0.4) is 0 Å². The molecule has 0 saturated heterocycles. The second kappa shape index (κ2) is 5.71. The molecule has 0 aliphatic heterocycles. The molecule has 1 aliphatic rings. The molecule has 6 heteroatoms. The molecule has 1 aromatic carbocycles. The Balaban J connectivity index is 2.42. The van der Waals surface area contributed by atoms with Crippen molar-refractivity contribution in [3.05, 3.63) is 29.3 Å². The Kier molecular flexibility index (Phi) is 4.36. The summed E-state index contributed by atoms with van der Waals surface area (Å²) in [6, 6.07) is 5.74. The van der Waals surface area contributed by atoms with Crippen molar-refractivity contribution >= 4 is 10.1 Å². The van der Waals surface area contributed by atoms with Gasteiger partial charge in [-0.2, -0.15) is 8.42 Å². The van der Waals surface area contributed by atoms with Gasteiger partial charge in [-0.1, -0.05) is 12.1 Å². The molecule has 0 radical (unpaired) electrons. The summed E-state index contributed by atoms with van der Waals surface area (Å²) in [7, 11) is -0.287. The van der Waals surface area contributed by atoms with Gasteiger partial charge in [-0.15, -0.1) is 0 Å². The van der Waals surface area contributed by atoms with Gasteiger partial charge in [0.2, 0.25) is 0 Å². The topological polar surface area (TPSA) is 61.8 Å². The summed E-state index contributed by atoms with van der Waals surface area (Å²) in [5.74, 6) is 0.808. The van der Waals surface area contributed by atoms with E-state index in [1.165, 1.54) is 0 Å². The molecule has 1 unspecified atom stereocenters. The van der Waals surface area contributed by atoms with Gasteiger partial charge in [0.25, 0.3) is 10.1 Å². The lowest BCUT2D eigenvalue weighted by Crippen LogP contribution is -2.38. The highest BCUT2D eigenvalue weighted by Gasteiger charge is 2.39. The number of methoxy groups -OCH3 is 2. The van der Waals surface area contributed by atoms with Gasteiger partial charge in [-0.3, -0.25) is 4.18 Å². The van der Waals surface area contributed by atoms with E-state index in [2.05, 4.69) is 0 Å². The van der Waals surface area contributed by atoms with E-state index in [-0.39, 0.29) is 6.61 Å². The average Bonchev–Trinajstić information content (AvgIpc) is 2.43. The quantitative estimate of drug-likeness (QED) is 0.777. The molecule has 1 aliphatic carbocycles. The first-order valence-corrected chi connectivity index (χ1v) is 8.29. The molecule has 0 bridgehead atoms. The van der Waals surface area contributed by atoms with Gasteiger partial charge in [-0.05, 0) is 30.9 Å². The number of ether oxygens (including phenoxy) is 2. The van der Waals surface area contributed by atoms with E-state index in [4.69, 9.17) is 13.7 Å². The SMILES string of the molecule is COc1cccc2c1CCCC2(COS(C)(=O)=O)OC. The van der Waals surface area contributed by atoms with Crippen LogP contribution in [0.25, 0.3) is 0 Å². The van der Waals surface area contributed by atoms with Crippen molar-refractivity contribution in [1.29, 1.82) is 0 Å². The molecule has 0 spiro atoms. The van der Waals surface area contributed by atoms with Crippen LogP contribution in [-0.2, 0) is 31.1 Å². The molecule has 0 heterocycles. The molecule has 2 rings (SSSR count). The molecule has 20 heavy (non-hydrogen) atoms. The number of rotatable bonds is 5. The fourth-order valence-corrected chi connectivity index (χ4v) is 3.15. The zero-order valence-corrected chi connectivity index (χ0v) is 12.8. The number of hydrogen-bond donors (Lipinski definition) is 0. The van der Waals surface area contributed by atoms with Crippen molar-refractivity contribution in [2.75, 3.05) is 27.1 Å². The van der Waals surface area contributed by atoms with Gasteiger partial charge in [0, 0.05) is 12.7 Å². The summed E-state index contributed by atoms with van der Waals surface area (Å²) in [5, 5.41) is 0. The van der Waals surface area contributed by atoms with Crippen molar-refractivity contribution < 1.29 is 22.1 Å². The van der Waals surface area contributed by atoms with E-state index in [1.807, 2.05) is 18.2 Å². The first-order chi connectivity index (χ1) is 9.42. The Morgan fingerprint density at radius 2 is 2.05 bits per heavy atom. The molecular weight excluding hydrogens is 280 g/mol. The van der Waals surface area contributed by atoms with Crippen LogP contribution >= 0.6 is 0 Å². The summed E-state index contributed by atoms with van der Waals surface area (Å²) in [6.45, 7) is -0.0114. The summed E-state index contributed by atoms with van der Waals surface area (Å²) < 4.78 is 38.6.